The van der Waals surface area contributed by atoms with Crippen molar-refractivity contribution in [2.24, 2.45) is 0 Å². The van der Waals surface area contributed by atoms with Crippen LogP contribution in [0, 0.1) is 5.82 Å². The van der Waals surface area contributed by atoms with Crippen LogP contribution in [-0.4, -0.2) is 19.3 Å². The number of nitrogens with zero attached hydrogens (tertiary/aromatic N) is 1. The molecule has 1 aromatic carbocycles. The third kappa shape index (κ3) is 5.09. The average molecular weight is 364 g/mol. The molecule has 1 amide bonds. The van der Waals surface area contributed by atoms with Gasteiger partial charge in [0.05, 0.1) is 0 Å². The fraction of sp³-hybridized carbons (Fsp3) is 0.333. The van der Waals surface area contributed by atoms with Gasteiger partial charge in [-0.1, -0.05) is 45.0 Å². The summed E-state index contributed by atoms with van der Waals surface area (Å²) in [6.45, 7) is 6.32. The predicted molar refractivity (Wildman–Crippen MR) is 93.0 cm³/mol. The number of rotatable bonds is 5. The van der Waals surface area contributed by atoms with Crippen LogP contribution in [0.15, 0.2) is 47.6 Å². The summed E-state index contributed by atoms with van der Waals surface area (Å²) in [6.07, 6.45) is 1.51. The lowest BCUT2D eigenvalue weighted by molar-refractivity contribution is -0.119. The van der Waals surface area contributed by atoms with Gasteiger partial charge in [-0.3, -0.25) is 4.79 Å². The summed E-state index contributed by atoms with van der Waals surface area (Å²) in [4.78, 5) is 15.4. The second-order valence-electron chi connectivity index (χ2n) is 6.77. The van der Waals surface area contributed by atoms with E-state index in [9.17, 15) is 17.6 Å². The molecule has 1 N–H and O–H groups in total. The standard InChI is InChI=1S/C18H21FN2O3S/c1-18(2,3)14-9-6-13(7-10-14)8-11-16(22)21-25(23,24)17-15(19)5-4-12-20-17/h4-7,9-10,12H,8,11H2,1-3H3,(H,21,22). The molecule has 0 saturated carbocycles. The number of hydrogen-bond donors (Lipinski definition) is 1. The van der Waals surface area contributed by atoms with Crippen LogP contribution in [0.2, 0.25) is 0 Å². The number of pyridine rings is 1. The minimum atomic E-state index is -4.31. The van der Waals surface area contributed by atoms with E-state index < -0.39 is 26.8 Å². The van der Waals surface area contributed by atoms with E-state index >= 15 is 0 Å². The maximum atomic E-state index is 13.5. The number of nitrogens with one attached hydrogen (secondary N) is 1. The van der Waals surface area contributed by atoms with Crippen molar-refractivity contribution in [3.05, 3.63) is 59.5 Å². The molecule has 0 aliphatic rings. The molecule has 25 heavy (non-hydrogen) atoms. The Hall–Kier alpha value is -2.28. The van der Waals surface area contributed by atoms with Gasteiger partial charge < -0.3 is 0 Å². The summed E-state index contributed by atoms with van der Waals surface area (Å²) in [5.74, 6) is -1.70. The van der Waals surface area contributed by atoms with E-state index in [1.807, 2.05) is 29.0 Å². The van der Waals surface area contributed by atoms with E-state index in [2.05, 4.69) is 25.8 Å². The molecular weight excluding hydrogens is 343 g/mol. The van der Waals surface area contributed by atoms with Crippen molar-refractivity contribution in [3.63, 3.8) is 0 Å². The van der Waals surface area contributed by atoms with Crippen LogP contribution < -0.4 is 4.72 Å². The van der Waals surface area contributed by atoms with E-state index in [1.54, 1.807) is 0 Å². The maximum Gasteiger partial charge on any atom is 0.284 e. The molecule has 0 aliphatic carbocycles. The number of aromatic nitrogens is 1. The largest absolute Gasteiger partial charge is 0.284 e. The molecule has 1 heterocycles. The highest BCUT2D eigenvalue weighted by Gasteiger charge is 2.22. The SMILES string of the molecule is CC(C)(C)c1ccc(CCC(=O)NS(=O)(=O)c2ncccc2F)cc1. The van der Waals surface area contributed by atoms with Crippen LogP contribution in [0.3, 0.4) is 0 Å². The number of benzene rings is 1. The molecule has 0 fully saturated rings. The first-order valence-corrected chi connectivity index (χ1v) is 9.33. The summed E-state index contributed by atoms with van der Waals surface area (Å²) in [7, 11) is -4.31. The van der Waals surface area contributed by atoms with Gasteiger partial charge in [-0.2, -0.15) is 8.42 Å². The Labute approximate surface area is 147 Å². The molecule has 0 spiro atoms. The Balaban J connectivity index is 1.98. The molecule has 0 atom stereocenters. The molecule has 7 heteroatoms. The van der Waals surface area contributed by atoms with Gasteiger partial charge in [-0.25, -0.2) is 14.1 Å². The lowest BCUT2D eigenvalue weighted by atomic mass is 9.86. The van der Waals surface area contributed by atoms with E-state index in [0.717, 1.165) is 17.8 Å². The van der Waals surface area contributed by atoms with Gasteiger partial charge in [0, 0.05) is 12.6 Å². The molecule has 0 bridgehead atoms. The lowest BCUT2D eigenvalue weighted by Crippen LogP contribution is -2.32. The fourth-order valence-corrected chi connectivity index (χ4v) is 3.27. The van der Waals surface area contributed by atoms with Crippen molar-refractivity contribution in [1.29, 1.82) is 0 Å². The topological polar surface area (TPSA) is 76.1 Å². The normalized spacial score (nSPS) is 12.0. The highest BCUT2D eigenvalue weighted by molar-refractivity contribution is 7.90. The third-order valence-electron chi connectivity index (χ3n) is 3.69. The summed E-state index contributed by atoms with van der Waals surface area (Å²) in [5, 5.41) is -0.780. The summed E-state index contributed by atoms with van der Waals surface area (Å²) in [5.41, 5.74) is 2.13. The van der Waals surface area contributed by atoms with Crippen LogP contribution in [0.1, 0.15) is 38.3 Å². The van der Waals surface area contributed by atoms with Crippen molar-refractivity contribution in [2.75, 3.05) is 0 Å². The molecule has 0 saturated heterocycles. The van der Waals surface area contributed by atoms with Crippen LogP contribution in [-0.2, 0) is 26.7 Å². The first-order chi connectivity index (χ1) is 11.6. The minimum absolute atomic E-state index is 0.0253. The second kappa shape index (κ2) is 7.31. The highest BCUT2D eigenvalue weighted by atomic mass is 32.2. The van der Waals surface area contributed by atoms with E-state index in [0.29, 0.717) is 6.42 Å². The molecule has 1 aromatic heterocycles. The Morgan fingerprint density at radius 3 is 2.36 bits per heavy atom. The van der Waals surface area contributed by atoms with Gasteiger partial charge in [0.1, 0.15) is 0 Å². The Morgan fingerprint density at radius 1 is 1.16 bits per heavy atom. The van der Waals surface area contributed by atoms with Crippen molar-refractivity contribution in [1.82, 2.24) is 9.71 Å². The molecule has 2 rings (SSSR count). The fourth-order valence-electron chi connectivity index (χ4n) is 2.25. The summed E-state index contributed by atoms with van der Waals surface area (Å²) in [6, 6.07) is 10.1. The highest BCUT2D eigenvalue weighted by Crippen LogP contribution is 2.22. The minimum Gasteiger partial charge on any atom is -0.274 e. The molecule has 134 valence electrons. The Kier molecular flexibility index (Phi) is 5.57. The Morgan fingerprint density at radius 2 is 1.80 bits per heavy atom. The van der Waals surface area contributed by atoms with Gasteiger partial charge in [0.15, 0.2) is 5.82 Å². The van der Waals surface area contributed by atoms with Crippen LogP contribution in [0.4, 0.5) is 4.39 Å². The van der Waals surface area contributed by atoms with Crippen molar-refractivity contribution in [3.8, 4) is 0 Å². The molecule has 0 aliphatic heterocycles. The number of aryl methyl sites for hydroxylation is 1. The van der Waals surface area contributed by atoms with Crippen LogP contribution in [0.25, 0.3) is 0 Å². The lowest BCUT2D eigenvalue weighted by Gasteiger charge is -2.19. The first kappa shape index (κ1) is 19.1. The molecule has 5 nitrogen and oxygen atoms in total. The third-order valence-corrected chi connectivity index (χ3v) is 4.99. The van der Waals surface area contributed by atoms with Gasteiger partial charge in [0.2, 0.25) is 10.9 Å². The number of amides is 1. The van der Waals surface area contributed by atoms with E-state index in [-0.39, 0.29) is 11.8 Å². The number of hydrogen-bond acceptors (Lipinski definition) is 4. The number of carbonyl (C=O) groups excluding carboxylic acids is 1. The number of halogens is 1. The van der Waals surface area contributed by atoms with Crippen molar-refractivity contribution in [2.45, 2.75) is 44.1 Å². The average Bonchev–Trinajstić information content (AvgIpc) is 2.52. The summed E-state index contributed by atoms with van der Waals surface area (Å²) < 4.78 is 39.4. The molecule has 2 aromatic rings. The monoisotopic (exact) mass is 364 g/mol. The van der Waals surface area contributed by atoms with Crippen LogP contribution in [0.5, 0.6) is 0 Å². The van der Waals surface area contributed by atoms with Gasteiger partial charge in [0.25, 0.3) is 10.0 Å². The van der Waals surface area contributed by atoms with Crippen molar-refractivity contribution < 1.29 is 17.6 Å². The van der Waals surface area contributed by atoms with Crippen LogP contribution >= 0.6 is 0 Å². The quantitative estimate of drug-likeness (QED) is 0.885. The molecule has 0 radical (unpaired) electrons. The van der Waals surface area contributed by atoms with Gasteiger partial charge >= 0.3 is 0 Å². The van der Waals surface area contributed by atoms with Gasteiger partial charge in [-0.15, -0.1) is 0 Å². The number of sulfonamides is 1. The van der Waals surface area contributed by atoms with Crippen molar-refractivity contribution >= 4 is 15.9 Å². The van der Waals surface area contributed by atoms with Gasteiger partial charge in [-0.05, 0) is 35.1 Å². The summed E-state index contributed by atoms with van der Waals surface area (Å²) >= 11 is 0. The van der Waals surface area contributed by atoms with E-state index in [1.165, 1.54) is 11.6 Å². The number of carbonyl (C=O) groups is 1. The molecule has 0 unspecified atom stereocenters. The van der Waals surface area contributed by atoms with E-state index in [4.69, 9.17) is 0 Å². The zero-order valence-electron chi connectivity index (χ0n) is 14.4. The Bertz CT molecular complexity index is 857. The zero-order valence-corrected chi connectivity index (χ0v) is 15.2. The predicted octanol–water partition coefficient (Wildman–Crippen LogP) is 2.96. The molecular formula is C18H21FN2O3S. The maximum absolute atomic E-state index is 13.5. The first-order valence-electron chi connectivity index (χ1n) is 7.85. The second-order valence-corrected chi connectivity index (χ2v) is 8.36. The zero-order chi connectivity index (χ0) is 18.7. The smallest absolute Gasteiger partial charge is 0.274 e.